The van der Waals surface area contributed by atoms with Crippen LogP contribution in [-0.2, 0) is 9.53 Å². The average molecular weight is 194 g/mol. The molecule has 0 aliphatic carbocycles. The maximum absolute atomic E-state index is 11.1. The van der Waals surface area contributed by atoms with Crippen LogP contribution in [-0.4, -0.2) is 13.1 Å². The molecular weight excluding hydrogens is 176 g/mol. The first-order valence-corrected chi connectivity index (χ1v) is 4.88. The second-order valence-corrected chi connectivity index (χ2v) is 2.66. The van der Waals surface area contributed by atoms with Crippen molar-refractivity contribution in [2.24, 2.45) is 0 Å². The minimum Gasteiger partial charge on any atom is -0.469 e. The van der Waals surface area contributed by atoms with Gasteiger partial charge in [0.15, 0.2) is 0 Å². The summed E-state index contributed by atoms with van der Waals surface area (Å²) in [5, 5.41) is 0. The fourth-order valence-corrected chi connectivity index (χ4v) is 1.05. The van der Waals surface area contributed by atoms with Gasteiger partial charge in [-0.3, -0.25) is 4.79 Å². The Morgan fingerprint density at radius 2 is 1.71 bits per heavy atom. The summed E-state index contributed by atoms with van der Waals surface area (Å²) in [6.45, 7) is 5.83. The molecule has 1 aromatic carbocycles. The predicted octanol–water partition coefficient (Wildman–Crippen LogP) is 2.99. The number of benzene rings is 1. The number of hydrogen-bond acceptors (Lipinski definition) is 2. The smallest absolute Gasteiger partial charge is 0.312 e. The Labute approximate surface area is 85.9 Å². The van der Waals surface area contributed by atoms with Gasteiger partial charge >= 0.3 is 5.97 Å². The Morgan fingerprint density at radius 3 is 2.14 bits per heavy atom. The summed E-state index contributed by atoms with van der Waals surface area (Å²) in [5.74, 6) is -0.364. The summed E-state index contributed by atoms with van der Waals surface area (Å²) in [7, 11) is 1.40. The molecule has 0 aliphatic heterocycles. The van der Waals surface area contributed by atoms with Crippen molar-refractivity contribution in [3.63, 3.8) is 0 Å². The molecule has 0 aromatic heterocycles. The van der Waals surface area contributed by atoms with Gasteiger partial charge in [-0.2, -0.15) is 0 Å². The molecule has 0 fully saturated rings. The van der Waals surface area contributed by atoms with E-state index in [0.717, 1.165) is 5.56 Å². The van der Waals surface area contributed by atoms with E-state index in [-0.39, 0.29) is 11.9 Å². The predicted molar refractivity (Wildman–Crippen MR) is 58.2 cm³/mol. The molecule has 14 heavy (non-hydrogen) atoms. The van der Waals surface area contributed by atoms with Crippen molar-refractivity contribution in [2.45, 2.75) is 26.7 Å². The van der Waals surface area contributed by atoms with Crippen molar-refractivity contribution < 1.29 is 9.53 Å². The molecule has 0 heterocycles. The monoisotopic (exact) mass is 194 g/mol. The average Bonchev–Trinajstić information content (AvgIpc) is 2.31. The fourth-order valence-electron chi connectivity index (χ4n) is 1.05. The lowest BCUT2D eigenvalue weighted by molar-refractivity contribution is -0.141. The highest BCUT2D eigenvalue weighted by molar-refractivity contribution is 5.77. The van der Waals surface area contributed by atoms with Crippen molar-refractivity contribution in [1.29, 1.82) is 0 Å². The first kappa shape index (κ1) is 12.7. The number of carbonyl (C=O) groups excluding carboxylic acids is 1. The standard InChI is InChI=1S/C10H12O2.C2H6/c1-8(10(11)12-2)9-6-4-3-5-7-9;1-2/h3-8H,1-2H3;1-2H3. The molecule has 1 atom stereocenters. The van der Waals surface area contributed by atoms with Gasteiger partial charge in [0.1, 0.15) is 0 Å². The molecule has 0 amide bonds. The third-order valence-corrected chi connectivity index (χ3v) is 1.85. The maximum atomic E-state index is 11.1. The quantitative estimate of drug-likeness (QED) is 0.676. The van der Waals surface area contributed by atoms with Gasteiger partial charge in [0.2, 0.25) is 0 Å². The molecule has 0 bridgehead atoms. The van der Waals surface area contributed by atoms with Crippen LogP contribution in [0.4, 0.5) is 0 Å². The Morgan fingerprint density at radius 1 is 1.21 bits per heavy atom. The van der Waals surface area contributed by atoms with Crippen LogP contribution in [0.25, 0.3) is 0 Å². The molecule has 0 aliphatic rings. The number of carbonyl (C=O) groups is 1. The van der Waals surface area contributed by atoms with Crippen LogP contribution in [0.3, 0.4) is 0 Å². The SMILES string of the molecule is CC.COC(=O)C(C)c1ccccc1. The van der Waals surface area contributed by atoms with Gasteiger partial charge in [0.25, 0.3) is 0 Å². The second kappa shape index (κ2) is 7.13. The zero-order chi connectivity index (χ0) is 11.0. The fraction of sp³-hybridized carbons (Fsp3) is 0.417. The van der Waals surface area contributed by atoms with Gasteiger partial charge in [-0.15, -0.1) is 0 Å². The molecule has 0 saturated carbocycles. The zero-order valence-electron chi connectivity index (χ0n) is 9.28. The van der Waals surface area contributed by atoms with Crippen molar-refractivity contribution in [3.8, 4) is 0 Å². The van der Waals surface area contributed by atoms with Crippen LogP contribution in [0.1, 0.15) is 32.3 Å². The van der Waals surface area contributed by atoms with Crippen LogP contribution >= 0.6 is 0 Å². The Hall–Kier alpha value is -1.31. The Balaban J connectivity index is 0.000000791. The van der Waals surface area contributed by atoms with E-state index in [4.69, 9.17) is 0 Å². The molecule has 1 rings (SSSR count). The maximum Gasteiger partial charge on any atom is 0.312 e. The van der Waals surface area contributed by atoms with E-state index in [9.17, 15) is 4.79 Å². The molecule has 78 valence electrons. The largest absolute Gasteiger partial charge is 0.469 e. The summed E-state index contributed by atoms with van der Waals surface area (Å²) in [6, 6.07) is 9.58. The molecule has 0 radical (unpaired) electrons. The number of methoxy groups -OCH3 is 1. The third kappa shape index (κ3) is 3.60. The van der Waals surface area contributed by atoms with Gasteiger partial charge in [-0.05, 0) is 12.5 Å². The summed E-state index contributed by atoms with van der Waals surface area (Å²) in [4.78, 5) is 11.1. The van der Waals surface area contributed by atoms with Gasteiger partial charge < -0.3 is 4.74 Å². The molecular formula is C12H18O2. The second-order valence-electron chi connectivity index (χ2n) is 2.66. The summed E-state index contributed by atoms with van der Waals surface area (Å²) in [5.41, 5.74) is 0.990. The molecule has 0 spiro atoms. The van der Waals surface area contributed by atoms with Crippen molar-refractivity contribution in [1.82, 2.24) is 0 Å². The topological polar surface area (TPSA) is 26.3 Å². The van der Waals surface area contributed by atoms with Gasteiger partial charge in [-0.1, -0.05) is 44.2 Å². The Kier molecular flexibility index (Phi) is 6.46. The van der Waals surface area contributed by atoms with Crippen molar-refractivity contribution >= 4 is 5.97 Å². The summed E-state index contributed by atoms with van der Waals surface area (Å²) in [6.07, 6.45) is 0. The lowest BCUT2D eigenvalue weighted by atomic mass is 10.0. The molecule has 2 heteroatoms. The molecule has 0 saturated heterocycles. The molecule has 1 aromatic rings. The van der Waals surface area contributed by atoms with Crippen LogP contribution in [0.2, 0.25) is 0 Å². The van der Waals surface area contributed by atoms with E-state index in [0.29, 0.717) is 0 Å². The van der Waals surface area contributed by atoms with Gasteiger partial charge in [0, 0.05) is 0 Å². The number of hydrogen-bond donors (Lipinski definition) is 0. The molecule has 2 nitrogen and oxygen atoms in total. The first-order chi connectivity index (χ1) is 6.75. The van der Waals surface area contributed by atoms with Crippen LogP contribution in [0.15, 0.2) is 30.3 Å². The number of ether oxygens (including phenoxy) is 1. The molecule has 1 unspecified atom stereocenters. The van der Waals surface area contributed by atoms with E-state index >= 15 is 0 Å². The summed E-state index contributed by atoms with van der Waals surface area (Å²) >= 11 is 0. The van der Waals surface area contributed by atoms with Gasteiger partial charge in [0.05, 0.1) is 13.0 Å². The lowest BCUT2D eigenvalue weighted by Gasteiger charge is -2.08. The summed E-state index contributed by atoms with van der Waals surface area (Å²) < 4.78 is 4.63. The highest BCUT2D eigenvalue weighted by Crippen LogP contribution is 2.15. The van der Waals surface area contributed by atoms with E-state index in [1.54, 1.807) is 0 Å². The van der Waals surface area contributed by atoms with E-state index < -0.39 is 0 Å². The van der Waals surface area contributed by atoms with Crippen molar-refractivity contribution in [2.75, 3.05) is 7.11 Å². The van der Waals surface area contributed by atoms with Crippen LogP contribution in [0.5, 0.6) is 0 Å². The third-order valence-electron chi connectivity index (χ3n) is 1.85. The van der Waals surface area contributed by atoms with Crippen LogP contribution in [0, 0.1) is 0 Å². The van der Waals surface area contributed by atoms with Crippen molar-refractivity contribution in [3.05, 3.63) is 35.9 Å². The van der Waals surface area contributed by atoms with E-state index in [1.807, 2.05) is 51.1 Å². The minimum absolute atomic E-state index is 0.170. The van der Waals surface area contributed by atoms with Gasteiger partial charge in [-0.25, -0.2) is 0 Å². The van der Waals surface area contributed by atoms with Crippen LogP contribution < -0.4 is 0 Å². The lowest BCUT2D eigenvalue weighted by Crippen LogP contribution is -2.10. The molecule has 0 N–H and O–H groups in total. The number of rotatable bonds is 2. The highest BCUT2D eigenvalue weighted by Gasteiger charge is 2.14. The highest BCUT2D eigenvalue weighted by atomic mass is 16.5. The van der Waals surface area contributed by atoms with E-state index in [2.05, 4.69) is 4.74 Å². The zero-order valence-corrected chi connectivity index (χ0v) is 9.28. The normalized spacial score (nSPS) is 10.9. The Bertz CT molecular complexity index is 254. The minimum atomic E-state index is -0.193. The van der Waals surface area contributed by atoms with E-state index in [1.165, 1.54) is 7.11 Å². The number of esters is 1. The first-order valence-electron chi connectivity index (χ1n) is 4.88.